The summed E-state index contributed by atoms with van der Waals surface area (Å²) >= 11 is 1.70. The van der Waals surface area contributed by atoms with E-state index in [0.717, 1.165) is 23.0 Å². The molecule has 0 aliphatic carbocycles. The van der Waals surface area contributed by atoms with E-state index in [1.807, 2.05) is 13.0 Å². The molecule has 106 valence electrons. The molecule has 0 bridgehead atoms. The molecule has 0 atom stereocenters. The van der Waals surface area contributed by atoms with Crippen molar-refractivity contribution in [3.05, 3.63) is 46.8 Å². The highest BCUT2D eigenvalue weighted by Crippen LogP contribution is 2.24. The molecular weight excluding hydrogens is 268 g/mol. The second-order valence-corrected chi connectivity index (χ2v) is 5.79. The number of anilines is 1. The number of thioether (sulfide) groups is 1. The van der Waals surface area contributed by atoms with Gasteiger partial charge in [0.2, 0.25) is 0 Å². The minimum absolute atomic E-state index is 0.666. The number of benzene rings is 1. The third-order valence-corrected chi connectivity index (χ3v) is 3.86. The van der Waals surface area contributed by atoms with Crippen molar-refractivity contribution in [1.82, 2.24) is 9.97 Å². The molecule has 0 unspecified atom stereocenters. The molecule has 0 aliphatic heterocycles. The summed E-state index contributed by atoms with van der Waals surface area (Å²) in [5.41, 5.74) is 6.49. The van der Waals surface area contributed by atoms with Crippen molar-refractivity contribution < 1.29 is 0 Å². The molecule has 1 heterocycles. The Hall–Kier alpha value is -1.59. The minimum atomic E-state index is 0.666. The molecule has 2 rings (SSSR count). The molecule has 0 fully saturated rings. The second-order valence-electron chi connectivity index (χ2n) is 4.79. The number of nitrogen functional groups attached to an aromatic ring is 1. The van der Waals surface area contributed by atoms with E-state index in [4.69, 9.17) is 5.84 Å². The summed E-state index contributed by atoms with van der Waals surface area (Å²) in [7, 11) is 0. The van der Waals surface area contributed by atoms with Gasteiger partial charge in [0.15, 0.2) is 0 Å². The van der Waals surface area contributed by atoms with Crippen LogP contribution in [0.5, 0.6) is 0 Å². The molecule has 0 radical (unpaired) electrons. The van der Waals surface area contributed by atoms with Crippen LogP contribution in [0, 0.1) is 13.8 Å². The zero-order valence-corrected chi connectivity index (χ0v) is 12.9. The van der Waals surface area contributed by atoms with E-state index in [1.54, 1.807) is 11.8 Å². The Morgan fingerprint density at radius 2 is 1.80 bits per heavy atom. The molecule has 0 aliphatic rings. The maximum absolute atomic E-state index is 5.44. The van der Waals surface area contributed by atoms with E-state index >= 15 is 0 Å². The number of hydrogen-bond acceptors (Lipinski definition) is 5. The van der Waals surface area contributed by atoms with E-state index in [2.05, 4.69) is 47.4 Å². The van der Waals surface area contributed by atoms with Gasteiger partial charge < -0.3 is 5.43 Å². The third-order valence-electron chi connectivity index (χ3n) is 2.88. The number of aryl methyl sites for hydroxylation is 3. The monoisotopic (exact) mass is 288 g/mol. The molecular formula is C15H20N4S. The van der Waals surface area contributed by atoms with Gasteiger partial charge in [-0.1, -0.05) is 36.2 Å². The van der Waals surface area contributed by atoms with Gasteiger partial charge in [0.05, 0.1) is 0 Å². The highest BCUT2D eigenvalue weighted by molar-refractivity contribution is 7.98. The Bertz CT molecular complexity index is 556. The number of nitrogens with one attached hydrogen (secondary N) is 1. The van der Waals surface area contributed by atoms with Gasteiger partial charge in [-0.3, -0.25) is 0 Å². The summed E-state index contributed by atoms with van der Waals surface area (Å²) in [6, 6.07) is 8.49. The number of hydrazine groups is 1. The summed E-state index contributed by atoms with van der Waals surface area (Å²) in [4.78, 5) is 8.81. The average Bonchev–Trinajstić information content (AvgIpc) is 2.43. The van der Waals surface area contributed by atoms with Crippen LogP contribution < -0.4 is 11.3 Å². The van der Waals surface area contributed by atoms with Crippen LogP contribution in [0.3, 0.4) is 0 Å². The van der Waals surface area contributed by atoms with Crippen LogP contribution in [0.15, 0.2) is 29.3 Å². The molecule has 3 N–H and O–H groups in total. The van der Waals surface area contributed by atoms with Crippen molar-refractivity contribution in [1.29, 1.82) is 0 Å². The highest BCUT2D eigenvalue weighted by atomic mass is 32.2. The fourth-order valence-electron chi connectivity index (χ4n) is 2.09. The molecule has 1 aromatic heterocycles. The van der Waals surface area contributed by atoms with E-state index in [0.29, 0.717) is 5.82 Å². The zero-order chi connectivity index (χ0) is 14.5. The zero-order valence-electron chi connectivity index (χ0n) is 12.1. The van der Waals surface area contributed by atoms with E-state index in [9.17, 15) is 0 Å². The predicted octanol–water partition coefficient (Wildman–Crippen LogP) is 3.23. The summed E-state index contributed by atoms with van der Waals surface area (Å²) in [6.07, 6.45) is 0.798. The standard InChI is InChI=1S/C15H20N4S/c1-4-13-17-14(19-16)8-15(18-13)20-9-12-6-10(2)5-11(3)7-12/h5-8H,4,9,16H2,1-3H3,(H,17,18,19). The van der Waals surface area contributed by atoms with Gasteiger partial charge >= 0.3 is 0 Å². The smallest absolute Gasteiger partial charge is 0.144 e. The fourth-order valence-corrected chi connectivity index (χ4v) is 2.93. The van der Waals surface area contributed by atoms with Gasteiger partial charge in [0, 0.05) is 18.2 Å². The molecule has 2 aromatic rings. The van der Waals surface area contributed by atoms with Crippen molar-refractivity contribution in [2.75, 3.05) is 5.43 Å². The van der Waals surface area contributed by atoms with E-state index < -0.39 is 0 Å². The van der Waals surface area contributed by atoms with Gasteiger partial charge in [-0.15, -0.1) is 11.8 Å². The first-order valence-electron chi connectivity index (χ1n) is 6.65. The van der Waals surface area contributed by atoms with E-state index in [1.165, 1.54) is 16.7 Å². The summed E-state index contributed by atoms with van der Waals surface area (Å²) < 4.78 is 0. The third kappa shape index (κ3) is 3.95. The molecule has 0 amide bonds. The molecule has 0 saturated carbocycles. The molecule has 5 heteroatoms. The SMILES string of the molecule is CCc1nc(NN)cc(SCc2cc(C)cc(C)c2)n1. The summed E-state index contributed by atoms with van der Waals surface area (Å²) in [5.74, 6) is 7.81. The molecule has 4 nitrogen and oxygen atoms in total. The minimum Gasteiger partial charge on any atom is -0.308 e. The Labute approximate surface area is 124 Å². The molecule has 0 spiro atoms. The normalized spacial score (nSPS) is 10.6. The lowest BCUT2D eigenvalue weighted by molar-refractivity contribution is 0.888. The van der Waals surface area contributed by atoms with E-state index in [-0.39, 0.29) is 0 Å². The van der Waals surface area contributed by atoms with Gasteiger partial charge in [0.25, 0.3) is 0 Å². The van der Waals surface area contributed by atoms with Crippen molar-refractivity contribution in [2.45, 2.75) is 38.0 Å². The Kier molecular flexibility index (Phi) is 4.98. The first-order chi connectivity index (χ1) is 9.60. The van der Waals surface area contributed by atoms with Crippen LogP contribution in [0.2, 0.25) is 0 Å². The maximum atomic E-state index is 5.44. The van der Waals surface area contributed by atoms with Crippen molar-refractivity contribution in [3.63, 3.8) is 0 Å². The van der Waals surface area contributed by atoms with Gasteiger partial charge in [-0.05, 0) is 19.4 Å². The first-order valence-corrected chi connectivity index (χ1v) is 7.64. The maximum Gasteiger partial charge on any atom is 0.144 e. The lowest BCUT2D eigenvalue weighted by Gasteiger charge is -2.07. The summed E-state index contributed by atoms with van der Waals surface area (Å²) in [5, 5.41) is 0.948. The van der Waals surface area contributed by atoms with Crippen LogP contribution in [0.4, 0.5) is 5.82 Å². The van der Waals surface area contributed by atoms with Crippen LogP contribution in [0.1, 0.15) is 29.4 Å². The second kappa shape index (κ2) is 6.72. The Morgan fingerprint density at radius 1 is 1.10 bits per heavy atom. The largest absolute Gasteiger partial charge is 0.308 e. The topological polar surface area (TPSA) is 63.8 Å². The Balaban J connectivity index is 2.13. The quantitative estimate of drug-likeness (QED) is 0.383. The van der Waals surface area contributed by atoms with Crippen molar-refractivity contribution >= 4 is 17.6 Å². The highest BCUT2D eigenvalue weighted by Gasteiger charge is 2.04. The number of aromatic nitrogens is 2. The number of hydrogen-bond donors (Lipinski definition) is 2. The van der Waals surface area contributed by atoms with Gasteiger partial charge in [-0.2, -0.15) is 0 Å². The van der Waals surface area contributed by atoms with Gasteiger partial charge in [-0.25, -0.2) is 15.8 Å². The van der Waals surface area contributed by atoms with Crippen molar-refractivity contribution in [3.8, 4) is 0 Å². The van der Waals surface area contributed by atoms with Crippen LogP contribution in [-0.4, -0.2) is 9.97 Å². The van der Waals surface area contributed by atoms with Crippen molar-refractivity contribution in [2.24, 2.45) is 5.84 Å². The lowest BCUT2D eigenvalue weighted by atomic mass is 10.1. The van der Waals surface area contributed by atoms with Gasteiger partial charge in [0.1, 0.15) is 16.7 Å². The lowest BCUT2D eigenvalue weighted by Crippen LogP contribution is -2.10. The average molecular weight is 288 g/mol. The molecule has 0 saturated heterocycles. The Morgan fingerprint density at radius 3 is 2.40 bits per heavy atom. The first kappa shape index (κ1) is 14.8. The molecule has 1 aromatic carbocycles. The number of rotatable bonds is 5. The van der Waals surface area contributed by atoms with Crippen LogP contribution >= 0.6 is 11.8 Å². The molecule has 20 heavy (non-hydrogen) atoms. The summed E-state index contributed by atoms with van der Waals surface area (Å²) in [6.45, 7) is 6.28. The number of nitrogens with two attached hydrogens (primary N) is 1. The fraction of sp³-hybridized carbons (Fsp3) is 0.333. The van der Waals surface area contributed by atoms with Crippen LogP contribution in [-0.2, 0) is 12.2 Å². The predicted molar refractivity (Wildman–Crippen MR) is 84.7 cm³/mol. The number of nitrogens with zero attached hydrogens (tertiary/aromatic N) is 2. The van der Waals surface area contributed by atoms with Crippen LogP contribution in [0.25, 0.3) is 0 Å².